The van der Waals surface area contributed by atoms with Crippen molar-refractivity contribution in [1.82, 2.24) is 5.32 Å². The van der Waals surface area contributed by atoms with Crippen molar-refractivity contribution in [3.63, 3.8) is 0 Å². The first-order valence-corrected chi connectivity index (χ1v) is 5.83. The second kappa shape index (κ2) is 6.42. The van der Waals surface area contributed by atoms with Gasteiger partial charge in [0.25, 0.3) is 0 Å². The quantitative estimate of drug-likeness (QED) is 0.927. The van der Waals surface area contributed by atoms with Crippen LogP contribution < -0.4 is 10.1 Å². The predicted molar refractivity (Wildman–Crippen MR) is 67.8 cm³/mol. The number of benzene rings is 1. The summed E-state index contributed by atoms with van der Waals surface area (Å²) in [5, 5.41) is 3.27. The number of hydrogen-bond donors (Lipinski definition) is 1. The Morgan fingerprint density at radius 1 is 1.44 bits per heavy atom. The first-order chi connectivity index (χ1) is 7.24. The van der Waals surface area contributed by atoms with Gasteiger partial charge in [0.2, 0.25) is 0 Å². The Kier molecular flexibility index (Phi) is 5.52. The fourth-order valence-corrected chi connectivity index (χ4v) is 2.13. The van der Waals surface area contributed by atoms with Gasteiger partial charge >= 0.3 is 0 Å². The van der Waals surface area contributed by atoms with Crippen molar-refractivity contribution in [2.45, 2.75) is 6.42 Å². The molecule has 0 saturated carbocycles. The molecule has 2 nitrogen and oxygen atoms in total. The Hall–Kier alpha value is -0.320. The molecule has 0 aromatic heterocycles. The van der Waals surface area contributed by atoms with Crippen molar-refractivity contribution >= 4 is 28.3 Å². The Morgan fingerprint density at radius 2 is 2.25 bits per heavy atom. The number of ether oxygens (including phenoxy) is 1. The Balaban J connectivity index is 0.00000128. The fourth-order valence-electron chi connectivity index (χ4n) is 1.68. The van der Waals surface area contributed by atoms with E-state index in [0.717, 1.165) is 19.5 Å². The Morgan fingerprint density at radius 3 is 2.88 bits per heavy atom. The van der Waals surface area contributed by atoms with Crippen molar-refractivity contribution < 1.29 is 9.13 Å². The molecule has 2 rings (SSSR count). The van der Waals surface area contributed by atoms with Crippen LogP contribution in [0.2, 0.25) is 0 Å². The second-order valence-corrected chi connectivity index (χ2v) is 4.69. The van der Waals surface area contributed by atoms with E-state index in [4.69, 9.17) is 4.74 Å². The van der Waals surface area contributed by atoms with Crippen molar-refractivity contribution in [2.75, 3.05) is 19.7 Å². The van der Waals surface area contributed by atoms with Crippen LogP contribution in [-0.2, 0) is 0 Å². The standard InChI is InChI=1S/C11H13BrFNO.ClH/c12-9-3-10(13)5-11(4-9)15-7-8-1-2-14-6-8;/h3-5,8,14H,1-2,6-7H2;1H/t8-;/m1./s1. The maximum absolute atomic E-state index is 13.0. The predicted octanol–water partition coefficient (Wildman–Crippen LogP) is 3.00. The number of rotatable bonds is 3. The van der Waals surface area contributed by atoms with Gasteiger partial charge < -0.3 is 10.1 Å². The molecule has 16 heavy (non-hydrogen) atoms. The van der Waals surface area contributed by atoms with Crippen LogP contribution in [0, 0.1) is 11.7 Å². The lowest BCUT2D eigenvalue weighted by atomic mass is 10.1. The third-order valence-corrected chi connectivity index (χ3v) is 2.94. The fraction of sp³-hybridized carbons (Fsp3) is 0.455. The summed E-state index contributed by atoms with van der Waals surface area (Å²) in [5.41, 5.74) is 0. The summed E-state index contributed by atoms with van der Waals surface area (Å²) in [6, 6.07) is 4.61. The van der Waals surface area contributed by atoms with Crippen molar-refractivity contribution in [1.29, 1.82) is 0 Å². The average molecular weight is 311 g/mol. The van der Waals surface area contributed by atoms with Gasteiger partial charge in [-0.2, -0.15) is 0 Å². The van der Waals surface area contributed by atoms with E-state index in [1.807, 2.05) is 0 Å². The van der Waals surface area contributed by atoms with Crippen LogP contribution in [0.5, 0.6) is 5.75 Å². The molecule has 0 amide bonds. The lowest BCUT2D eigenvalue weighted by molar-refractivity contribution is 0.259. The molecular weight excluding hydrogens is 296 g/mol. The number of nitrogens with one attached hydrogen (secondary N) is 1. The van der Waals surface area contributed by atoms with Crippen molar-refractivity contribution in [3.05, 3.63) is 28.5 Å². The molecule has 0 radical (unpaired) electrons. The molecule has 0 bridgehead atoms. The molecular formula is C11H14BrClFNO. The molecule has 1 aliphatic heterocycles. The summed E-state index contributed by atoms with van der Waals surface area (Å²) in [5.74, 6) is 0.865. The molecule has 1 fully saturated rings. The number of hydrogen-bond acceptors (Lipinski definition) is 2. The Labute approximate surface area is 109 Å². The van der Waals surface area contributed by atoms with Crippen LogP contribution in [0.15, 0.2) is 22.7 Å². The van der Waals surface area contributed by atoms with E-state index in [9.17, 15) is 4.39 Å². The molecule has 1 saturated heterocycles. The van der Waals surface area contributed by atoms with Gasteiger partial charge in [-0.05, 0) is 25.1 Å². The Bertz CT molecular complexity index is 325. The molecule has 5 heteroatoms. The zero-order valence-corrected chi connectivity index (χ0v) is 11.1. The monoisotopic (exact) mass is 309 g/mol. The zero-order chi connectivity index (χ0) is 10.7. The second-order valence-electron chi connectivity index (χ2n) is 3.77. The molecule has 90 valence electrons. The van der Waals surface area contributed by atoms with Crippen LogP contribution in [0.4, 0.5) is 4.39 Å². The van der Waals surface area contributed by atoms with E-state index in [1.54, 1.807) is 6.07 Å². The van der Waals surface area contributed by atoms with E-state index in [0.29, 0.717) is 22.7 Å². The van der Waals surface area contributed by atoms with Crippen LogP contribution >= 0.6 is 28.3 Å². The van der Waals surface area contributed by atoms with Gasteiger partial charge in [-0.1, -0.05) is 15.9 Å². The van der Waals surface area contributed by atoms with Crippen LogP contribution in [0.25, 0.3) is 0 Å². The summed E-state index contributed by atoms with van der Waals surface area (Å²) in [7, 11) is 0. The molecule has 0 unspecified atom stereocenters. The highest BCUT2D eigenvalue weighted by molar-refractivity contribution is 9.10. The largest absolute Gasteiger partial charge is 0.493 e. The van der Waals surface area contributed by atoms with Crippen LogP contribution in [-0.4, -0.2) is 19.7 Å². The first kappa shape index (κ1) is 13.7. The zero-order valence-electron chi connectivity index (χ0n) is 8.71. The molecule has 0 spiro atoms. The summed E-state index contributed by atoms with van der Waals surface area (Å²) >= 11 is 3.23. The summed E-state index contributed by atoms with van der Waals surface area (Å²) in [4.78, 5) is 0. The highest BCUT2D eigenvalue weighted by Gasteiger charge is 2.15. The van der Waals surface area contributed by atoms with E-state index >= 15 is 0 Å². The van der Waals surface area contributed by atoms with Gasteiger partial charge in [-0.15, -0.1) is 12.4 Å². The molecule has 1 atom stereocenters. The molecule has 1 N–H and O–H groups in total. The summed E-state index contributed by atoms with van der Waals surface area (Å²) in [6.07, 6.45) is 1.14. The van der Waals surface area contributed by atoms with Crippen LogP contribution in [0.1, 0.15) is 6.42 Å². The molecule has 1 aliphatic rings. The normalized spacial score (nSPS) is 19.2. The first-order valence-electron chi connectivity index (χ1n) is 5.03. The maximum atomic E-state index is 13.0. The van der Waals surface area contributed by atoms with Gasteiger partial charge in [-0.3, -0.25) is 0 Å². The molecule has 1 heterocycles. The summed E-state index contributed by atoms with van der Waals surface area (Å²) in [6.45, 7) is 2.71. The minimum atomic E-state index is -0.274. The minimum absolute atomic E-state index is 0. The van der Waals surface area contributed by atoms with E-state index in [-0.39, 0.29) is 18.2 Å². The van der Waals surface area contributed by atoms with Gasteiger partial charge in [-0.25, -0.2) is 4.39 Å². The van der Waals surface area contributed by atoms with E-state index in [1.165, 1.54) is 12.1 Å². The lowest BCUT2D eigenvalue weighted by Gasteiger charge is -2.11. The third kappa shape index (κ3) is 3.92. The number of halogens is 3. The highest BCUT2D eigenvalue weighted by Crippen LogP contribution is 2.21. The van der Waals surface area contributed by atoms with E-state index < -0.39 is 0 Å². The van der Waals surface area contributed by atoms with Gasteiger partial charge in [0, 0.05) is 23.0 Å². The molecule has 0 aliphatic carbocycles. The van der Waals surface area contributed by atoms with Crippen molar-refractivity contribution in [2.24, 2.45) is 5.92 Å². The average Bonchev–Trinajstić information content (AvgIpc) is 2.65. The van der Waals surface area contributed by atoms with E-state index in [2.05, 4.69) is 21.2 Å². The molecule has 1 aromatic carbocycles. The van der Waals surface area contributed by atoms with Gasteiger partial charge in [0.15, 0.2) is 0 Å². The van der Waals surface area contributed by atoms with Crippen molar-refractivity contribution in [3.8, 4) is 5.75 Å². The SMILES string of the molecule is Cl.Fc1cc(Br)cc(OC[C@@H]2CCNC2)c1. The summed E-state index contributed by atoms with van der Waals surface area (Å²) < 4.78 is 19.3. The van der Waals surface area contributed by atoms with Gasteiger partial charge in [0.05, 0.1) is 6.61 Å². The van der Waals surface area contributed by atoms with Crippen LogP contribution in [0.3, 0.4) is 0 Å². The maximum Gasteiger partial charge on any atom is 0.128 e. The minimum Gasteiger partial charge on any atom is -0.493 e. The lowest BCUT2D eigenvalue weighted by Crippen LogP contribution is -2.15. The van der Waals surface area contributed by atoms with Gasteiger partial charge in [0.1, 0.15) is 11.6 Å². The smallest absolute Gasteiger partial charge is 0.128 e. The highest BCUT2D eigenvalue weighted by atomic mass is 79.9. The third-order valence-electron chi connectivity index (χ3n) is 2.48. The molecule has 1 aromatic rings. The topological polar surface area (TPSA) is 21.3 Å².